The first kappa shape index (κ1) is 32.1. The van der Waals surface area contributed by atoms with E-state index in [4.69, 9.17) is 4.42 Å². The minimum absolute atomic E-state index is 0. The molecule has 0 aliphatic carbocycles. The Labute approximate surface area is 278 Å². The molecule has 0 fully saturated rings. The molecule has 7 rings (SSSR count). The third-order valence-corrected chi connectivity index (χ3v) is 7.72. The Morgan fingerprint density at radius 3 is 2.16 bits per heavy atom. The monoisotopic (exact) mass is 774 g/mol. The van der Waals surface area contributed by atoms with Gasteiger partial charge < -0.3 is 19.0 Å². The number of hydrogen-bond acceptors (Lipinski definition) is 6. The van der Waals surface area contributed by atoms with Crippen molar-refractivity contribution in [1.82, 2.24) is 14.6 Å². The number of imidazole rings is 1. The third kappa shape index (κ3) is 6.44. The number of hydrogen-bond donors (Lipinski definition) is 0. The molecule has 3 heterocycles. The van der Waals surface area contributed by atoms with Crippen molar-refractivity contribution in [3.8, 4) is 17.1 Å². The smallest absolute Gasteiger partial charge is 0.514 e. The van der Waals surface area contributed by atoms with E-state index in [1.807, 2.05) is 61.4 Å². The summed E-state index contributed by atoms with van der Waals surface area (Å²) in [5, 5.41) is 13.9. The molecule has 4 aromatic carbocycles. The van der Waals surface area contributed by atoms with E-state index in [-0.39, 0.29) is 26.1 Å². The molecule has 230 valence electrons. The Kier molecular flexibility index (Phi) is 9.86. The van der Waals surface area contributed by atoms with Crippen LogP contribution in [0.15, 0.2) is 106 Å². The van der Waals surface area contributed by atoms with Crippen molar-refractivity contribution in [1.29, 1.82) is 0 Å². The third-order valence-electron chi connectivity index (χ3n) is 7.72. The molecule has 0 radical (unpaired) electrons. The Balaban J connectivity index is 0.000000174. The molecule has 7 nitrogen and oxygen atoms in total. The Bertz CT molecular complexity index is 1880. The first-order valence-electron chi connectivity index (χ1n) is 15.1. The van der Waals surface area contributed by atoms with E-state index < -0.39 is 0 Å². The summed E-state index contributed by atoms with van der Waals surface area (Å²) in [5.41, 5.74) is 7.41. The molecular formula is C37H37IrN6O. The van der Waals surface area contributed by atoms with Gasteiger partial charge in [0.1, 0.15) is 5.58 Å². The zero-order valence-electron chi connectivity index (χ0n) is 26.4. The molecule has 1 aliphatic rings. The number of para-hydroxylation sites is 2. The predicted molar refractivity (Wildman–Crippen MR) is 177 cm³/mol. The van der Waals surface area contributed by atoms with E-state index in [9.17, 15) is 0 Å². The molecular weight excluding hydrogens is 737 g/mol. The fraction of sp³-hybridized carbons (Fsp3) is 0.243. The molecule has 0 spiro atoms. The quantitative estimate of drug-likeness (QED) is 0.158. The van der Waals surface area contributed by atoms with Gasteiger partial charge in [0.05, 0.1) is 5.82 Å². The molecule has 1 aliphatic heterocycles. The molecule has 0 unspecified atom stereocenters. The molecule has 0 bridgehead atoms. The average molecular weight is 774 g/mol. The maximum atomic E-state index is 5.98. The molecule has 2 aromatic heterocycles. The van der Waals surface area contributed by atoms with Crippen molar-refractivity contribution in [2.24, 2.45) is 10.4 Å². The van der Waals surface area contributed by atoms with Gasteiger partial charge in [0.15, 0.2) is 0 Å². The van der Waals surface area contributed by atoms with E-state index in [0.717, 1.165) is 39.0 Å². The van der Waals surface area contributed by atoms with E-state index >= 15 is 0 Å². The molecule has 0 amide bonds. The standard InChI is InChI=1S/C21H23N2.C16H14N4O.Ir/c1-15(2)18-11-8-12-19(16(3)4)20(18)23-14-13-22-21(23)17-9-6-5-7-10-17;1-11(2)19-10-20(18-17-19)14-8-5-7-13-12-6-3-4-9-15(12)21-16(13)14;/h5-9,11-16H,1-4H3;3-7,9-11H,1-2H3;/q-1;-2;+3. The average Bonchev–Trinajstić information content (AvgIpc) is 3.80. The van der Waals surface area contributed by atoms with Crippen LogP contribution in [0.3, 0.4) is 0 Å². The van der Waals surface area contributed by atoms with Gasteiger partial charge in [-0.05, 0) is 48.6 Å². The van der Waals surface area contributed by atoms with Crippen LogP contribution in [0.4, 0.5) is 5.69 Å². The van der Waals surface area contributed by atoms with Gasteiger partial charge in [-0.15, -0.1) is 42.6 Å². The van der Waals surface area contributed by atoms with Crippen LogP contribution in [0.5, 0.6) is 0 Å². The second-order valence-corrected chi connectivity index (χ2v) is 11.8. The number of aromatic nitrogens is 2. The molecule has 45 heavy (non-hydrogen) atoms. The van der Waals surface area contributed by atoms with Gasteiger partial charge in [0.2, 0.25) is 0 Å². The summed E-state index contributed by atoms with van der Waals surface area (Å²) in [6.45, 7) is 14.9. The summed E-state index contributed by atoms with van der Waals surface area (Å²) in [6, 6.07) is 33.3. The zero-order chi connectivity index (χ0) is 30.8. The second kappa shape index (κ2) is 13.8. The summed E-state index contributed by atoms with van der Waals surface area (Å²) < 4.78 is 8.20. The van der Waals surface area contributed by atoms with E-state index in [2.05, 4.69) is 110 Å². The topological polar surface area (TPSA) is 62.2 Å². The van der Waals surface area contributed by atoms with Gasteiger partial charge in [-0.2, -0.15) is 18.2 Å². The molecule has 0 saturated heterocycles. The number of benzene rings is 4. The summed E-state index contributed by atoms with van der Waals surface area (Å²) in [5.74, 6) is 1.86. The van der Waals surface area contributed by atoms with Crippen LogP contribution >= 0.6 is 0 Å². The Morgan fingerprint density at radius 1 is 0.756 bits per heavy atom. The number of furan rings is 1. The Morgan fingerprint density at radius 2 is 1.49 bits per heavy atom. The van der Waals surface area contributed by atoms with Crippen LogP contribution in [0.2, 0.25) is 0 Å². The maximum absolute atomic E-state index is 5.98. The SMILES string of the molecule is CC(C)N1[CH-]N(c2[c-]ccc3c2oc2ccccc23)N=N1.CC(C)c1cccc(C(C)C)c1-n1ccnc1-c1[c-]cccc1.[Ir+3]. The largest absolute Gasteiger partial charge is 3.00 e. The molecule has 6 aromatic rings. The van der Waals surface area contributed by atoms with Crippen molar-refractivity contribution < 1.29 is 24.5 Å². The minimum atomic E-state index is 0. The van der Waals surface area contributed by atoms with Crippen molar-refractivity contribution in [2.45, 2.75) is 59.4 Å². The van der Waals surface area contributed by atoms with Crippen molar-refractivity contribution in [3.05, 3.63) is 121 Å². The number of rotatable bonds is 6. The van der Waals surface area contributed by atoms with Crippen molar-refractivity contribution in [2.75, 3.05) is 5.01 Å². The molecule has 0 N–H and O–H groups in total. The first-order valence-corrected chi connectivity index (χ1v) is 15.1. The van der Waals surface area contributed by atoms with E-state index in [1.165, 1.54) is 16.8 Å². The van der Waals surface area contributed by atoms with Crippen molar-refractivity contribution in [3.63, 3.8) is 0 Å². The molecule has 8 heteroatoms. The first-order chi connectivity index (χ1) is 21.3. The van der Waals surface area contributed by atoms with Gasteiger partial charge in [0, 0.05) is 35.1 Å². The number of nitrogens with zero attached hydrogens (tertiary/aromatic N) is 6. The maximum Gasteiger partial charge on any atom is 3.00 e. The van der Waals surface area contributed by atoms with E-state index in [0.29, 0.717) is 11.8 Å². The predicted octanol–water partition coefficient (Wildman–Crippen LogP) is 9.90. The Hall–Kier alpha value is -4.26. The second-order valence-electron chi connectivity index (χ2n) is 11.8. The summed E-state index contributed by atoms with van der Waals surface area (Å²) in [6.07, 6.45) is 3.93. The van der Waals surface area contributed by atoms with Crippen LogP contribution in [-0.2, 0) is 20.1 Å². The van der Waals surface area contributed by atoms with E-state index in [1.54, 1.807) is 10.0 Å². The number of anilines is 1. The molecule has 0 saturated carbocycles. The van der Waals surface area contributed by atoms with Gasteiger partial charge in [0.25, 0.3) is 0 Å². The number of fused-ring (bicyclic) bond motifs is 3. The van der Waals surface area contributed by atoms with Crippen LogP contribution in [-0.4, -0.2) is 20.6 Å². The van der Waals surface area contributed by atoms with Crippen LogP contribution < -0.4 is 5.01 Å². The van der Waals surface area contributed by atoms with Gasteiger partial charge in [-0.25, -0.2) is 0 Å². The van der Waals surface area contributed by atoms with Crippen LogP contribution in [0.25, 0.3) is 39.0 Å². The van der Waals surface area contributed by atoms with Crippen LogP contribution in [0.1, 0.15) is 64.5 Å². The summed E-state index contributed by atoms with van der Waals surface area (Å²) in [4.78, 5) is 4.60. The summed E-state index contributed by atoms with van der Waals surface area (Å²) in [7, 11) is 0. The van der Waals surface area contributed by atoms with Crippen molar-refractivity contribution >= 4 is 27.6 Å². The van der Waals surface area contributed by atoms with Gasteiger partial charge >= 0.3 is 20.1 Å². The minimum Gasteiger partial charge on any atom is -0.514 e. The van der Waals surface area contributed by atoms with Gasteiger partial charge in [-0.3, -0.25) is 4.98 Å². The fourth-order valence-electron chi connectivity index (χ4n) is 5.44. The zero-order valence-corrected chi connectivity index (χ0v) is 28.8. The summed E-state index contributed by atoms with van der Waals surface area (Å²) >= 11 is 0. The normalized spacial score (nSPS) is 12.8. The fourth-order valence-corrected chi connectivity index (χ4v) is 5.44. The van der Waals surface area contributed by atoms with Crippen LogP contribution in [0, 0.1) is 18.8 Å². The van der Waals surface area contributed by atoms with Gasteiger partial charge in [-0.1, -0.05) is 79.9 Å². The molecule has 0 atom stereocenters.